The Morgan fingerprint density at radius 2 is 0.806 bits per heavy atom. The maximum absolute atomic E-state index is 12.5. The molecule has 10 nitrogen and oxygen atoms in total. The van der Waals surface area contributed by atoms with Crippen LogP contribution in [0.5, 0.6) is 34.5 Å². The largest absolute Gasteiger partial charge is 0.490 e. The smallest absolute Gasteiger partial charge is 0.336 e. The van der Waals surface area contributed by atoms with Gasteiger partial charge in [0.25, 0.3) is 0 Å². The molecular formula is C26H34O10. The summed E-state index contributed by atoms with van der Waals surface area (Å²) in [6.07, 6.45) is 0. The molecule has 0 saturated carbocycles. The van der Waals surface area contributed by atoms with Gasteiger partial charge < -0.3 is 38.6 Å². The van der Waals surface area contributed by atoms with Crippen LogP contribution in [-0.4, -0.2) is 61.8 Å². The average molecular weight is 507 g/mol. The maximum atomic E-state index is 12.5. The molecule has 0 aliphatic carbocycles. The number of carbonyl (C=O) groups is 2. The summed E-state index contributed by atoms with van der Waals surface area (Å²) in [6.45, 7) is 11.7. The third-order valence-corrected chi connectivity index (χ3v) is 4.87. The van der Waals surface area contributed by atoms with E-state index in [0.717, 1.165) is 0 Å². The molecule has 0 radical (unpaired) electrons. The topological polar surface area (TPSA) is 130 Å². The second-order valence-corrected chi connectivity index (χ2v) is 7.12. The van der Waals surface area contributed by atoms with E-state index in [1.165, 1.54) is 12.1 Å². The van der Waals surface area contributed by atoms with Crippen LogP contribution in [0, 0.1) is 0 Å². The van der Waals surface area contributed by atoms with Gasteiger partial charge in [-0.15, -0.1) is 0 Å². The molecule has 2 N–H and O–H groups in total. The van der Waals surface area contributed by atoms with Crippen LogP contribution in [0.15, 0.2) is 12.1 Å². The number of rotatable bonds is 15. The first-order chi connectivity index (χ1) is 17.3. The molecule has 0 aliphatic rings. The van der Waals surface area contributed by atoms with E-state index in [1.807, 2.05) is 0 Å². The van der Waals surface area contributed by atoms with E-state index < -0.39 is 11.9 Å². The lowest BCUT2D eigenvalue weighted by molar-refractivity contribution is 0.0683. The Labute approximate surface area is 210 Å². The number of carboxylic acid groups (broad SMARTS) is 2. The van der Waals surface area contributed by atoms with E-state index in [1.54, 1.807) is 41.5 Å². The summed E-state index contributed by atoms with van der Waals surface area (Å²) in [7, 11) is 0. The van der Waals surface area contributed by atoms with E-state index >= 15 is 0 Å². The molecule has 0 aliphatic heterocycles. The zero-order valence-electron chi connectivity index (χ0n) is 21.6. The van der Waals surface area contributed by atoms with E-state index in [-0.39, 0.29) is 96.4 Å². The van der Waals surface area contributed by atoms with Gasteiger partial charge in [-0.25, -0.2) is 9.59 Å². The molecule has 2 aromatic rings. The van der Waals surface area contributed by atoms with Gasteiger partial charge in [-0.3, -0.25) is 0 Å². The quantitative estimate of drug-likeness (QED) is 0.335. The minimum atomic E-state index is -1.32. The number of benzene rings is 2. The van der Waals surface area contributed by atoms with Crippen LogP contribution in [0.4, 0.5) is 0 Å². The molecule has 0 spiro atoms. The Hall–Kier alpha value is -3.82. The molecule has 0 fully saturated rings. The minimum Gasteiger partial charge on any atom is -0.490 e. The summed E-state index contributed by atoms with van der Waals surface area (Å²) in [5.41, 5.74) is -0.553. The molecule has 198 valence electrons. The molecule has 0 aromatic heterocycles. The van der Waals surface area contributed by atoms with Gasteiger partial charge in [-0.05, 0) is 53.7 Å². The fraction of sp³-hybridized carbons (Fsp3) is 0.462. The summed E-state index contributed by atoms with van der Waals surface area (Å²) >= 11 is 0. The fourth-order valence-electron chi connectivity index (χ4n) is 3.72. The van der Waals surface area contributed by atoms with Crippen LogP contribution < -0.4 is 28.4 Å². The third kappa shape index (κ3) is 5.87. The molecule has 0 unspecified atom stereocenters. The molecule has 36 heavy (non-hydrogen) atoms. The summed E-state index contributed by atoms with van der Waals surface area (Å²) < 4.78 is 34.8. The molecule has 0 amide bonds. The lowest BCUT2D eigenvalue weighted by Gasteiger charge is -2.25. The van der Waals surface area contributed by atoms with Crippen LogP contribution in [0.25, 0.3) is 11.1 Å². The maximum Gasteiger partial charge on any atom is 0.336 e. The standard InChI is InChI=1S/C26H34O10/c1-7-31-17-13-15(25(27)28)19(23(35-11-5)21(17)33-9-3)20-16(26(29)30)14-18(32-8-2)22(34-10-4)24(20)36-12-6/h13-14H,7-12H2,1-6H3,(H,27,28)(H,29,30). The second-order valence-electron chi connectivity index (χ2n) is 7.12. The average Bonchev–Trinajstić information content (AvgIpc) is 2.83. The monoisotopic (exact) mass is 506 g/mol. The normalized spacial score (nSPS) is 10.5. The van der Waals surface area contributed by atoms with Crippen molar-refractivity contribution in [3.8, 4) is 45.6 Å². The van der Waals surface area contributed by atoms with Crippen molar-refractivity contribution in [1.29, 1.82) is 0 Å². The van der Waals surface area contributed by atoms with Crippen molar-refractivity contribution >= 4 is 11.9 Å². The van der Waals surface area contributed by atoms with Crippen molar-refractivity contribution in [2.75, 3.05) is 39.6 Å². The van der Waals surface area contributed by atoms with Crippen molar-refractivity contribution in [2.45, 2.75) is 41.5 Å². The first-order valence-electron chi connectivity index (χ1n) is 12.0. The highest BCUT2D eigenvalue weighted by atomic mass is 16.5. The molecular weight excluding hydrogens is 472 g/mol. The van der Waals surface area contributed by atoms with Crippen molar-refractivity contribution < 1.29 is 48.2 Å². The Balaban J connectivity index is 3.23. The van der Waals surface area contributed by atoms with E-state index in [2.05, 4.69) is 0 Å². The fourth-order valence-corrected chi connectivity index (χ4v) is 3.72. The summed E-state index contributed by atoms with van der Waals surface area (Å²) in [4.78, 5) is 25.0. The second kappa shape index (κ2) is 13.3. The van der Waals surface area contributed by atoms with Crippen LogP contribution >= 0.6 is 0 Å². The minimum absolute atomic E-state index is 0.0257. The zero-order chi connectivity index (χ0) is 26.8. The van der Waals surface area contributed by atoms with Crippen molar-refractivity contribution in [3.05, 3.63) is 23.3 Å². The SMILES string of the molecule is CCOc1cc(C(=O)O)c(-c2c(C(=O)O)cc(OCC)c(OCC)c2OCC)c(OCC)c1OCC. The Morgan fingerprint density at radius 3 is 1.06 bits per heavy atom. The number of aromatic carboxylic acids is 2. The Bertz CT molecular complexity index is 992. The molecule has 2 aromatic carbocycles. The number of carboxylic acids is 2. The molecule has 0 heterocycles. The van der Waals surface area contributed by atoms with Gasteiger partial charge in [-0.2, -0.15) is 0 Å². The third-order valence-electron chi connectivity index (χ3n) is 4.87. The highest BCUT2D eigenvalue weighted by Crippen LogP contribution is 2.54. The first kappa shape index (κ1) is 28.4. The van der Waals surface area contributed by atoms with Gasteiger partial charge in [-0.1, -0.05) is 0 Å². The van der Waals surface area contributed by atoms with Crippen molar-refractivity contribution in [3.63, 3.8) is 0 Å². The number of ether oxygens (including phenoxy) is 6. The predicted octanol–water partition coefficient (Wildman–Crippen LogP) is 5.14. The lowest BCUT2D eigenvalue weighted by Crippen LogP contribution is -2.13. The number of hydrogen-bond acceptors (Lipinski definition) is 8. The van der Waals surface area contributed by atoms with Gasteiger partial charge in [0.05, 0.1) is 50.8 Å². The van der Waals surface area contributed by atoms with Gasteiger partial charge in [0.2, 0.25) is 11.5 Å². The molecule has 0 saturated heterocycles. The van der Waals surface area contributed by atoms with E-state index in [9.17, 15) is 19.8 Å². The van der Waals surface area contributed by atoms with Crippen LogP contribution in [-0.2, 0) is 0 Å². The van der Waals surface area contributed by atoms with Crippen molar-refractivity contribution in [1.82, 2.24) is 0 Å². The lowest BCUT2D eigenvalue weighted by atomic mass is 9.91. The van der Waals surface area contributed by atoms with Crippen molar-refractivity contribution in [2.24, 2.45) is 0 Å². The van der Waals surface area contributed by atoms with Gasteiger partial charge in [0.1, 0.15) is 0 Å². The number of hydrogen-bond donors (Lipinski definition) is 2. The van der Waals surface area contributed by atoms with Crippen LogP contribution in [0.1, 0.15) is 62.3 Å². The Morgan fingerprint density at radius 1 is 0.528 bits per heavy atom. The highest BCUT2D eigenvalue weighted by molar-refractivity contribution is 6.07. The summed E-state index contributed by atoms with van der Waals surface area (Å²) in [5.74, 6) is -1.94. The van der Waals surface area contributed by atoms with Gasteiger partial charge >= 0.3 is 11.9 Å². The molecule has 0 bridgehead atoms. The molecule has 10 heteroatoms. The predicted molar refractivity (Wildman–Crippen MR) is 133 cm³/mol. The summed E-state index contributed by atoms with van der Waals surface area (Å²) in [5, 5.41) is 20.4. The molecule has 2 rings (SSSR count). The van der Waals surface area contributed by atoms with Crippen LogP contribution in [0.3, 0.4) is 0 Å². The van der Waals surface area contributed by atoms with E-state index in [4.69, 9.17) is 28.4 Å². The van der Waals surface area contributed by atoms with E-state index in [0.29, 0.717) is 0 Å². The highest BCUT2D eigenvalue weighted by Gasteiger charge is 2.34. The van der Waals surface area contributed by atoms with Gasteiger partial charge in [0.15, 0.2) is 23.0 Å². The summed E-state index contributed by atoms with van der Waals surface area (Å²) in [6, 6.07) is 2.60. The molecule has 0 atom stereocenters. The zero-order valence-corrected chi connectivity index (χ0v) is 21.6. The van der Waals surface area contributed by atoms with Crippen LogP contribution in [0.2, 0.25) is 0 Å². The Kier molecular flexibility index (Phi) is 10.5. The van der Waals surface area contributed by atoms with Gasteiger partial charge in [0, 0.05) is 11.1 Å². The first-order valence-corrected chi connectivity index (χ1v) is 12.0.